The van der Waals surface area contributed by atoms with Crippen LogP contribution in [0.3, 0.4) is 0 Å². The molecule has 5 N–H and O–H groups in total. The third-order valence-electron chi connectivity index (χ3n) is 13.0. The second kappa shape index (κ2) is 17.3. The molecule has 1 amide bonds. The lowest BCUT2D eigenvalue weighted by Crippen LogP contribution is -2.81. The number of benzene rings is 1. The number of nitro groups is 1. The number of nitrogens with one attached hydrogen (secondary N) is 1. The Morgan fingerprint density at radius 2 is 1.81 bits per heavy atom. The zero-order valence-corrected chi connectivity index (χ0v) is 36.1. The zero-order chi connectivity index (χ0) is 45.7. The van der Waals surface area contributed by atoms with Crippen LogP contribution >= 0.6 is 11.3 Å². The van der Waals surface area contributed by atoms with Crippen LogP contribution in [0.2, 0.25) is 0 Å². The molecule has 1 aliphatic heterocycles. The maximum Gasteiger partial charge on any atom is 0.508 e. The fraction of sp³-hybridized carbons (Fsp3) is 0.610. The highest BCUT2D eigenvalue weighted by atomic mass is 32.1. The van der Waals surface area contributed by atoms with Crippen molar-refractivity contribution in [3.63, 3.8) is 0 Å². The number of hydrogen-bond donors (Lipinski definition) is 5. The minimum absolute atomic E-state index is 0.0449. The van der Waals surface area contributed by atoms with E-state index in [4.69, 9.17) is 23.7 Å². The summed E-state index contributed by atoms with van der Waals surface area (Å²) in [5.74, 6) is -5.33. The van der Waals surface area contributed by atoms with Gasteiger partial charge in [-0.2, -0.15) is 0 Å². The molecule has 3 aliphatic carbocycles. The van der Waals surface area contributed by atoms with Crippen LogP contribution < -0.4 is 5.32 Å². The van der Waals surface area contributed by atoms with Crippen molar-refractivity contribution in [2.75, 3.05) is 26.8 Å². The highest BCUT2D eigenvalue weighted by molar-refractivity contribution is 7.14. The predicted molar refractivity (Wildman–Crippen MR) is 214 cm³/mol. The van der Waals surface area contributed by atoms with Crippen LogP contribution in [-0.4, -0.2) is 146 Å². The first-order chi connectivity index (χ1) is 29.0. The summed E-state index contributed by atoms with van der Waals surface area (Å²) in [6.45, 7) is 8.13. The molecule has 338 valence electrons. The number of ether oxygens (including phenoxy) is 5. The number of thiazole rings is 1. The third-order valence-corrected chi connectivity index (χ3v) is 14.0. The summed E-state index contributed by atoms with van der Waals surface area (Å²) in [4.78, 5) is 84.2. The van der Waals surface area contributed by atoms with Crippen LogP contribution in [-0.2, 0) is 44.6 Å². The third kappa shape index (κ3) is 8.22. The number of aliphatic hydroxyl groups excluding tert-OH is 2. The smallest absolute Gasteiger partial charge is 0.456 e. The second-order valence-corrected chi connectivity index (χ2v) is 18.3. The molecule has 0 radical (unpaired) electrons. The Morgan fingerprint density at radius 1 is 1.13 bits per heavy atom. The van der Waals surface area contributed by atoms with Crippen molar-refractivity contribution in [3.05, 3.63) is 68.4 Å². The van der Waals surface area contributed by atoms with Crippen LogP contribution in [0.25, 0.3) is 0 Å². The first-order valence-electron chi connectivity index (χ1n) is 20.0. The van der Waals surface area contributed by atoms with E-state index in [0.29, 0.717) is 5.01 Å². The van der Waals surface area contributed by atoms with Gasteiger partial charge >= 0.3 is 23.1 Å². The number of Topliss-reactive ketones (excluding diaryl/α,β-unsaturated/α-hetero) is 1. The molecule has 11 atom stereocenters. The van der Waals surface area contributed by atoms with Gasteiger partial charge in [0.05, 0.1) is 41.2 Å². The van der Waals surface area contributed by atoms with Gasteiger partial charge in [-0.3, -0.25) is 24.6 Å². The fourth-order valence-electron chi connectivity index (χ4n) is 9.54. The van der Waals surface area contributed by atoms with E-state index in [0.717, 1.165) is 17.5 Å². The van der Waals surface area contributed by atoms with Crippen molar-refractivity contribution < 1.29 is 73.0 Å². The number of esters is 2. The Hall–Kier alpha value is -4.90. The lowest BCUT2D eigenvalue weighted by atomic mass is 9.44. The summed E-state index contributed by atoms with van der Waals surface area (Å²) in [5.41, 5.74) is -8.14. The van der Waals surface area contributed by atoms with Crippen LogP contribution in [0.15, 0.2) is 47.7 Å². The molecule has 2 aromatic rings. The lowest BCUT2D eigenvalue weighted by molar-refractivity contribution is -0.380. The average Bonchev–Trinajstić information content (AvgIpc) is 3.67. The van der Waals surface area contributed by atoms with Crippen LogP contribution in [0.5, 0.6) is 0 Å². The SMILES string of the molecule is CC(=O)N[C@@H](C)C(O)C(=O)OC1CC2(O)C(OC(=O)c3ccccc3)C3[C@]4(O)COC4CC(OC(=O)OCCN(C)Cc4ncc([N+](=O)[O-])s4)[C@@]3(C)C(=O)C(O)C(=C1C)C2(C)C. The van der Waals surface area contributed by atoms with Crippen molar-refractivity contribution in [1.82, 2.24) is 15.2 Å². The molecule has 1 saturated heterocycles. The molecule has 2 bridgehead atoms. The first kappa shape index (κ1) is 46.6. The van der Waals surface area contributed by atoms with Gasteiger partial charge < -0.3 is 49.4 Å². The minimum atomic E-state index is -2.39. The summed E-state index contributed by atoms with van der Waals surface area (Å²) in [5, 5.41) is 62.8. The summed E-state index contributed by atoms with van der Waals surface area (Å²) in [7, 11) is 1.68. The van der Waals surface area contributed by atoms with E-state index in [-0.39, 0.29) is 47.8 Å². The number of aromatic nitrogens is 1. The summed E-state index contributed by atoms with van der Waals surface area (Å²) < 4.78 is 29.1. The molecule has 6 rings (SSSR count). The highest BCUT2D eigenvalue weighted by Crippen LogP contribution is 2.63. The van der Waals surface area contributed by atoms with Crippen molar-refractivity contribution in [2.24, 2.45) is 16.7 Å². The van der Waals surface area contributed by atoms with Crippen LogP contribution in [0.4, 0.5) is 9.80 Å². The van der Waals surface area contributed by atoms with Gasteiger partial charge in [-0.25, -0.2) is 19.4 Å². The van der Waals surface area contributed by atoms with E-state index >= 15 is 4.79 Å². The molecule has 3 fully saturated rings. The second-order valence-electron chi connectivity index (χ2n) is 17.2. The molecular weight excluding hydrogens is 837 g/mol. The molecule has 1 aromatic carbocycles. The molecule has 2 saturated carbocycles. The number of hydrogen-bond acceptors (Lipinski definition) is 19. The van der Waals surface area contributed by atoms with Gasteiger partial charge in [-0.1, -0.05) is 32.0 Å². The predicted octanol–water partition coefficient (Wildman–Crippen LogP) is 1.61. The molecule has 8 unspecified atom stereocenters. The molecule has 21 heteroatoms. The number of carbonyl (C=O) groups is 5. The molecule has 0 spiro atoms. The Kier molecular flexibility index (Phi) is 13.0. The van der Waals surface area contributed by atoms with Crippen molar-refractivity contribution >= 4 is 46.1 Å². The Balaban J connectivity index is 1.38. The van der Waals surface area contributed by atoms with E-state index < -0.39 is 118 Å². The van der Waals surface area contributed by atoms with E-state index in [1.54, 1.807) is 30.1 Å². The molecule has 2 heterocycles. The number of fused-ring (bicyclic) bond motifs is 5. The van der Waals surface area contributed by atoms with Crippen LogP contribution in [0.1, 0.15) is 69.7 Å². The minimum Gasteiger partial charge on any atom is -0.456 e. The standard InChI is InChI=1S/C41H52N4O16S/c1-20-24(59-36(51)30(47)21(2)43-22(3)46)16-41(54)34(61-35(50)23-11-9-8-10-12-23)32-39(6,33(49)31(48)29(20)38(41,4)5)25(15-26-40(32,53)19-58-26)60-37(52)57-14-13-44(7)18-27-42-17-28(62-27)45(55)56/h8-12,17,21,24-26,30-32,34,47-48,53-54H,13-16,18-19H2,1-7H3,(H,43,46)/t21-,24?,25?,26?,30?,31?,32?,34?,39+,40-,41?/m0/s1. The Labute approximate surface area is 360 Å². The van der Waals surface area contributed by atoms with Gasteiger partial charge in [0, 0.05) is 37.6 Å². The molecule has 20 nitrogen and oxygen atoms in total. The Morgan fingerprint density at radius 3 is 2.40 bits per heavy atom. The topological polar surface area (TPSA) is 284 Å². The number of nitrogens with zero attached hydrogens (tertiary/aromatic N) is 3. The highest BCUT2D eigenvalue weighted by Gasteiger charge is 2.77. The Bertz CT molecular complexity index is 2130. The van der Waals surface area contributed by atoms with Crippen molar-refractivity contribution in [1.29, 1.82) is 0 Å². The van der Waals surface area contributed by atoms with E-state index in [2.05, 4.69) is 10.3 Å². The van der Waals surface area contributed by atoms with Crippen LogP contribution in [0, 0.1) is 26.9 Å². The van der Waals surface area contributed by atoms with Crippen molar-refractivity contribution in [3.8, 4) is 0 Å². The molecule has 62 heavy (non-hydrogen) atoms. The van der Waals surface area contributed by atoms with Gasteiger partial charge in [0.1, 0.15) is 53.4 Å². The fourth-order valence-corrected chi connectivity index (χ4v) is 10.4. The normalized spacial score (nSPS) is 32.1. The van der Waals surface area contributed by atoms with Gasteiger partial charge in [-0.15, -0.1) is 0 Å². The maximum absolute atomic E-state index is 15.2. The van der Waals surface area contributed by atoms with Gasteiger partial charge in [0.2, 0.25) is 5.91 Å². The van der Waals surface area contributed by atoms with Gasteiger partial charge in [0.15, 0.2) is 11.9 Å². The largest absolute Gasteiger partial charge is 0.508 e. The number of rotatable bonds is 13. The monoisotopic (exact) mass is 888 g/mol. The summed E-state index contributed by atoms with van der Waals surface area (Å²) in [6.07, 6.45) is -10.8. The first-order valence-corrected chi connectivity index (χ1v) is 20.8. The average molecular weight is 889 g/mol. The molecule has 4 aliphatic rings. The van der Waals surface area contributed by atoms with Crippen molar-refractivity contribution in [2.45, 2.75) is 115 Å². The number of amides is 1. The molecular formula is C41H52N4O16S. The number of aliphatic hydroxyl groups is 4. The van der Waals surface area contributed by atoms with Gasteiger partial charge in [-0.05, 0) is 62.4 Å². The quantitative estimate of drug-likeness (QED) is 0.0628. The number of likely N-dealkylation sites (N-methyl/N-ethyl adjacent to an activating group) is 1. The maximum atomic E-state index is 15.2. The molecule has 1 aromatic heterocycles. The van der Waals surface area contributed by atoms with E-state index in [1.807, 2.05) is 0 Å². The number of carbonyl (C=O) groups excluding carboxylic acids is 5. The number of ketones is 1. The summed E-state index contributed by atoms with van der Waals surface area (Å²) in [6, 6.07) is 6.63. The van der Waals surface area contributed by atoms with E-state index in [9.17, 15) is 49.7 Å². The summed E-state index contributed by atoms with van der Waals surface area (Å²) >= 11 is 0.900. The zero-order valence-electron chi connectivity index (χ0n) is 35.3. The van der Waals surface area contributed by atoms with Gasteiger partial charge in [0.25, 0.3) is 0 Å². The lowest BCUT2D eigenvalue weighted by Gasteiger charge is -2.67. The van der Waals surface area contributed by atoms with E-state index in [1.165, 1.54) is 53.7 Å².